The van der Waals surface area contributed by atoms with Crippen molar-refractivity contribution in [3.8, 4) is 0 Å². The molecule has 8 heteroatoms. The van der Waals surface area contributed by atoms with Crippen molar-refractivity contribution in [1.29, 1.82) is 0 Å². The summed E-state index contributed by atoms with van der Waals surface area (Å²) in [5, 5.41) is 5.26. The molecule has 2 amide bonds. The number of hydrogen-bond acceptors (Lipinski definition) is 5. The Morgan fingerprint density at radius 3 is 1.94 bits per heavy atom. The number of aromatic nitrogens is 2. The van der Waals surface area contributed by atoms with Gasteiger partial charge in [-0.3, -0.25) is 19.0 Å². The predicted molar refractivity (Wildman–Crippen MR) is 142 cm³/mol. The van der Waals surface area contributed by atoms with E-state index in [2.05, 4.69) is 22.2 Å². The SMILES string of the molecule is C=CCn1c(SC(C(=O)NCc2ccccc2)C(=O)NCc2ccccc2)nc2ccccc2c1=O. The fourth-order valence-electron chi connectivity index (χ4n) is 3.61. The zero-order chi connectivity index (χ0) is 25.3. The van der Waals surface area contributed by atoms with Crippen LogP contribution in [0.15, 0.2) is 108 Å². The Balaban J connectivity index is 1.63. The molecule has 0 bridgehead atoms. The van der Waals surface area contributed by atoms with Gasteiger partial charge in [-0.1, -0.05) is 90.6 Å². The van der Waals surface area contributed by atoms with E-state index in [4.69, 9.17) is 0 Å². The monoisotopic (exact) mass is 498 g/mol. The van der Waals surface area contributed by atoms with Crippen LogP contribution in [0.1, 0.15) is 11.1 Å². The second kappa shape index (κ2) is 12.0. The highest BCUT2D eigenvalue weighted by molar-refractivity contribution is 8.01. The zero-order valence-corrected chi connectivity index (χ0v) is 20.4. The first-order chi connectivity index (χ1) is 17.6. The van der Waals surface area contributed by atoms with Crippen molar-refractivity contribution < 1.29 is 9.59 Å². The highest BCUT2D eigenvalue weighted by Crippen LogP contribution is 2.24. The highest BCUT2D eigenvalue weighted by atomic mass is 32.2. The third-order valence-corrected chi connectivity index (χ3v) is 6.64. The molecular formula is C28H26N4O3S. The number of hydrogen-bond donors (Lipinski definition) is 2. The summed E-state index contributed by atoms with van der Waals surface area (Å²) in [4.78, 5) is 44.3. The molecule has 7 nitrogen and oxygen atoms in total. The molecule has 0 fully saturated rings. The highest BCUT2D eigenvalue weighted by Gasteiger charge is 2.30. The Kier molecular flexibility index (Phi) is 8.31. The number of thioether (sulfide) groups is 1. The van der Waals surface area contributed by atoms with Crippen molar-refractivity contribution in [3.63, 3.8) is 0 Å². The molecule has 182 valence electrons. The van der Waals surface area contributed by atoms with Gasteiger partial charge < -0.3 is 10.6 Å². The molecule has 0 saturated heterocycles. The molecule has 4 rings (SSSR count). The average molecular weight is 499 g/mol. The summed E-state index contributed by atoms with van der Waals surface area (Å²) in [7, 11) is 0. The number of allylic oxidation sites excluding steroid dienone is 1. The smallest absolute Gasteiger partial charge is 0.262 e. The van der Waals surface area contributed by atoms with E-state index in [1.807, 2.05) is 60.7 Å². The number of rotatable bonds is 10. The average Bonchev–Trinajstić information content (AvgIpc) is 2.92. The Bertz CT molecular complexity index is 1370. The summed E-state index contributed by atoms with van der Waals surface area (Å²) in [6.45, 7) is 4.48. The van der Waals surface area contributed by atoms with Gasteiger partial charge in [-0.05, 0) is 23.3 Å². The number of nitrogens with zero attached hydrogens (tertiary/aromatic N) is 2. The molecule has 4 aromatic rings. The summed E-state index contributed by atoms with van der Waals surface area (Å²) in [5.41, 5.74) is 2.06. The van der Waals surface area contributed by atoms with E-state index in [0.29, 0.717) is 10.9 Å². The largest absolute Gasteiger partial charge is 0.351 e. The predicted octanol–water partition coefficient (Wildman–Crippen LogP) is 3.68. The quantitative estimate of drug-likeness (QED) is 0.151. The number of para-hydroxylation sites is 1. The summed E-state index contributed by atoms with van der Waals surface area (Å²) in [6.07, 6.45) is 1.59. The van der Waals surface area contributed by atoms with Crippen LogP contribution in [-0.2, 0) is 29.2 Å². The topological polar surface area (TPSA) is 93.1 Å². The first kappa shape index (κ1) is 24.9. The van der Waals surface area contributed by atoms with E-state index in [1.54, 1.807) is 30.3 Å². The van der Waals surface area contributed by atoms with Gasteiger partial charge in [0, 0.05) is 19.6 Å². The Hall–Kier alpha value is -4.17. The van der Waals surface area contributed by atoms with E-state index in [9.17, 15) is 14.4 Å². The summed E-state index contributed by atoms with van der Waals surface area (Å²) in [5.74, 6) is -0.941. The second-order valence-electron chi connectivity index (χ2n) is 8.02. The third-order valence-electron chi connectivity index (χ3n) is 5.46. The lowest BCUT2D eigenvalue weighted by molar-refractivity contribution is -0.128. The molecule has 0 aliphatic rings. The Morgan fingerprint density at radius 2 is 1.39 bits per heavy atom. The number of amides is 2. The second-order valence-corrected chi connectivity index (χ2v) is 9.09. The van der Waals surface area contributed by atoms with Gasteiger partial charge in [-0.2, -0.15) is 0 Å². The maximum Gasteiger partial charge on any atom is 0.262 e. The minimum atomic E-state index is -1.17. The molecule has 0 aliphatic carbocycles. The lowest BCUT2D eigenvalue weighted by Crippen LogP contribution is -2.43. The van der Waals surface area contributed by atoms with Crippen molar-refractivity contribution >= 4 is 34.5 Å². The van der Waals surface area contributed by atoms with Crippen LogP contribution in [0.5, 0.6) is 0 Å². The molecule has 2 N–H and O–H groups in total. The van der Waals surface area contributed by atoms with E-state index < -0.39 is 17.1 Å². The van der Waals surface area contributed by atoms with Crippen LogP contribution in [0.2, 0.25) is 0 Å². The van der Waals surface area contributed by atoms with Crippen LogP contribution in [0.4, 0.5) is 0 Å². The molecule has 0 radical (unpaired) electrons. The van der Waals surface area contributed by atoms with Crippen molar-refractivity contribution in [3.05, 3.63) is 119 Å². The normalized spacial score (nSPS) is 10.8. The molecule has 0 saturated carbocycles. The molecule has 0 unspecified atom stereocenters. The maximum absolute atomic E-state index is 13.3. The summed E-state index contributed by atoms with van der Waals surface area (Å²) >= 11 is 0.951. The van der Waals surface area contributed by atoms with Gasteiger partial charge in [-0.15, -0.1) is 6.58 Å². The molecule has 36 heavy (non-hydrogen) atoms. The standard InChI is InChI=1S/C28H26N4O3S/c1-2-17-32-27(35)22-15-9-10-16-23(22)31-28(32)36-24(25(33)29-18-20-11-5-3-6-12-20)26(34)30-19-21-13-7-4-8-14-21/h2-16,24H,1,17-19H2,(H,29,33)(H,30,34). The van der Waals surface area contributed by atoms with E-state index in [0.717, 1.165) is 22.9 Å². The Morgan fingerprint density at radius 1 is 0.861 bits per heavy atom. The minimum Gasteiger partial charge on any atom is -0.351 e. The lowest BCUT2D eigenvalue weighted by Gasteiger charge is -2.18. The van der Waals surface area contributed by atoms with Gasteiger partial charge >= 0.3 is 0 Å². The van der Waals surface area contributed by atoms with Gasteiger partial charge in [0.15, 0.2) is 10.4 Å². The maximum atomic E-state index is 13.3. The van der Waals surface area contributed by atoms with Crippen LogP contribution in [0.3, 0.4) is 0 Å². The van der Waals surface area contributed by atoms with Crippen LogP contribution in [0.25, 0.3) is 10.9 Å². The van der Waals surface area contributed by atoms with E-state index >= 15 is 0 Å². The van der Waals surface area contributed by atoms with Crippen molar-refractivity contribution in [2.45, 2.75) is 30.0 Å². The summed E-state index contributed by atoms with van der Waals surface area (Å²) in [6, 6.07) is 25.9. The van der Waals surface area contributed by atoms with Crippen LogP contribution >= 0.6 is 11.8 Å². The van der Waals surface area contributed by atoms with Gasteiger partial charge in [0.2, 0.25) is 11.8 Å². The van der Waals surface area contributed by atoms with Gasteiger partial charge in [0.25, 0.3) is 5.56 Å². The number of benzene rings is 3. The molecular weight excluding hydrogens is 472 g/mol. The van der Waals surface area contributed by atoms with Gasteiger partial charge in [0.1, 0.15) is 0 Å². The van der Waals surface area contributed by atoms with Gasteiger partial charge in [-0.25, -0.2) is 4.98 Å². The van der Waals surface area contributed by atoms with Crippen molar-refractivity contribution in [2.24, 2.45) is 0 Å². The van der Waals surface area contributed by atoms with Gasteiger partial charge in [0.05, 0.1) is 10.9 Å². The van der Waals surface area contributed by atoms with Crippen molar-refractivity contribution in [2.75, 3.05) is 0 Å². The third kappa shape index (κ3) is 6.09. The molecule has 1 aromatic heterocycles. The molecule has 1 heterocycles. The Labute approximate surface area is 213 Å². The molecule has 3 aromatic carbocycles. The fourth-order valence-corrected chi connectivity index (χ4v) is 4.64. The number of carbonyl (C=O) groups is 2. The summed E-state index contributed by atoms with van der Waals surface area (Å²) < 4.78 is 1.43. The number of fused-ring (bicyclic) bond motifs is 1. The van der Waals surface area contributed by atoms with Crippen LogP contribution in [-0.4, -0.2) is 26.6 Å². The number of carbonyl (C=O) groups excluding carboxylic acids is 2. The lowest BCUT2D eigenvalue weighted by atomic mass is 10.2. The van der Waals surface area contributed by atoms with E-state index in [1.165, 1.54) is 4.57 Å². The fraction of sp³-hybridized carbons (Fsp3) is 0.143. The van der Waals surface area contributed by atoms with Crippen LogP contribution < -0.4 is 16.2 Å². The first-order valence-electron chi connectivity index (χ1n) is 11.5. The van der Waals surface area contributed by atoms with Crippen molar-refractivity contribution in [1.82, 2.24) is 20.2 Å². The molecule has 0 atom stereocenters. The molecule has 0 aliphatic heterocycles. The first-order valence-corrected chi connectivity index (χ1v) is 12.3. The van der Waals surface area contributed by atoms with E-state index in [-0.39, 0.29) is 30.3 Å². The zero-order valence-electron chi connectivity index (χ0n) is 19.6. The number of nitrogens with one attached hydrogen (secondary N) is 2. The minimum absolute atomic E-state index is 0.197. The molecule has 0 spiro atoms. The van der Waals surface area contributed by atoms with Crippen LogP contribution in [0, 0.1) is 0 Å².